The van der Waals surface area contributed by atoms with Crippen LogP contribution in [0.1, 0.15) is 6.42 Å². The Labute approximate surface area is 111 Å². The van der Waals surface area contributed by atoms with E-state index in [-0.39, 0.29) is 0 Å². The van der Waals surface area contributed by atoms with Crippen LogP contribution in [-0.4, -0.2) is 88.5 Å². The number of rotatable bonds is 7. The smallest absolute Gasteiger partial charge is 0.0594 e. The van der Waals surface area contributed by atoms with E-state index in [2.05, 4.69) is 20.4 Å². The Balaban J connectivity index is 1.39. The van der Waals surface area contributed by atoms with E-state index in [1.54, 1.807) is 0 Å². The minimum absolute atomic E-state index is 0.906. The molecule has 5 heteroatoms. The van der Waals surface area contributed by atoms with Gasteiger partial charge in [-0.15, -0.1) is 0 Å². The van der Waals surface area contributed by atoms with Gasteiger partial charge < -0.3 is 20.3 Å². The van der Waals surface area contributed by atoms with Gasteiger partial charge in [0.25, 0.3) is 0 Å². The molecule has 0 atom stereocenters. The maximum Gasteiger partial charge on any atom is 0.0594 e. The summed E-state index contributed by atoms with van der Waals surface area (Å²) in [4.78, 5) is 5.03. The van der Waals surface area contributed by atoms with Gasteiger partial charge >= 0.3 is 0 Å². The Morgan fingerprint density at radius 2 is 1.61 bits per heavy atom. The van der Waals surface area contributed by atoms with E-state index in [0.29, 0.717) is 0 Å². The molecule has 2 N–H and O–H groups in total. The molecule has 0 aliphatic carbocycles. The van der Waals surface area contributed by atoms with Crippen molar-refractivity contribution in [3.8, 4) is 0 Å². The van der Waals surface area contributed by atoms with Crippen molar-refractivity contribution in [1.29, 1.82) is 0 Å². The van der Waals surface area contributed by atoms with E-state index >= 15 is 0 Å². The van der Waals surface area contributed by atoms with E-state index in [1.807, 2.05) is 0 Å². The standard InChI is InChI=1S/C13H28N4O/c1(6-16-7-4-15-5-8-16)2-14-3-9-17-10-12-18-13-11-17/h14-15H,1-13H2. The third kappa shape index (κ3) is 5.63. The summed E-state index contributed by atoms with van der Waals surface area (Å²) in [6.45, 7) is 13.4. The summed E-state index contributed by atoms with van der Waals surface area (Å²) in [5.41, 5.74) is 0. The molecule has 0 aromatic carbocycles. The molecule has 18 heavy (non-hydrogen) atoms. The first-order chi connectivity index (χ1) is 8.95. The first kappa shape index (κ1) is 14.2. The predicted octanol–water partition coefficient (Wildman–Crippen LogP) is -0.796. The highest BCUT2D eigenvalue weighted by molar-refractivity contribution is 4.68. The van der Waals surface area contributed by atoms with Gasteiger partial charge in [0.1, 0.15) is 0 Å². The summed E-state index contributed by atoms with van der Waals surface area (Å²) in [5.74, 6) is 0. The molecule has 0 aromatic heterocycles. The van der Waals surface area contributed by atoms with Crippen LogP contribution >= 0.6 is 0 Å². The number of nitrogens with one attached hydrogen (secondary N) is 2. The number of morpholine rings is 1. The molecule has 0 radical (unpaired) electrons. The normalized spacial score (nSPS) is 23.3. The number of ether oxygens (including phenoxy) is 1. The maximum atomic E-state index is 5.34. The molecule has 0 amide bonds. The topological polar surface area (TPSA) is 39.8 Å². The van der Waals surface area contributed by atoms with Gasteiger partial charge in [-0.3, -0.25) is 4.90 Å². The highest BCUT2D eigenvalue weighted by atomic mass is 16.5. The zero-order valence-corrected chi connectivity index (χ0v) is 11.5. The van der Waals surface area contributed by atoms with Crippen molar-refractivity contribution >= 4 is 0 Å². The Kier molecular flexibility index (Phi) is 6.97. The lowest BCUT2D eigenvalue weighted by Crippen LogP contribution is -2.44. The molecule has 0 unspecified atom stereocenters. The molecule has 0 spiro atoms. The number of hydrogen-bond donors (Lipinski definition) is 2. The maximum absolute atomic E-state index is 5.34. The van der Waals surface area contributed by atoms with Crippen molar-refractivity contribution in [2.75, 3.05) is 78.7 Å². The van der Waals surface area contributed by atoms with E-state index < -0.39 is 0 Å². The van der Waals surface area contributed by atoms with Gasteiger partial charge in [-0.25, -0.2) is 0 Å². The lowest BCUT2D eigenvalue weighted by molar-refractivity contribution is 0.0384. The lowest BCUT2D eigenvalue weighted by atomic mass is 10.3. The van der Waals surface area contributed by atoms with Crippen molar-refractivity contribution in [3.05, 3.63) is 0 Å². The van der Waals surface area contributed by atoms with Crippen LogP contribution in [0.3, 0.4) is 0 Å². The van der Waals surface area contributed by atoms with E-state index in [9.17, 15) is 0 Å². The third-order valence-electron chi connectivity index (χ3n) is 3.75. The summed E-state index contributed by atoms with van der Waals surface area (Å²) in [6, 6.07) is 0. The molecule has 2 heterocycles. The van der Waals surface area contributed by atoms with Crippen molar-refractivity contribution in [2.45, 2.75) is 6.42 Å². The molecule has 106 valence electrons. The Hall–Kier alpha value is -0.200. The van der Waals surface area contributed by atoms with E-state index in [0.717, 1.165) is 59.0 Å². The molecular formula is C13H28N4O. The van der Waals surface area contributed by atoms with Crippen molar-refractivity contribution in [3.63, 3.8) is 0 Å². The largest absolute Gasteiger partial charge is 0.379 e. The minimum atomic E-state index is 0.906. The van der Waals surface area contributed by atoms with Gasteiger partial charge in [0.15, 0.2) is 0 Å². The van der Waals surface area contributed by atoms with Crippen LogP contribution in [0.25, 0.3) is 0 Å². The molecule has 2 aliphatic rings. The molecule has 0 aromatic rings. The zero-order valence-electron chi connectivity index (χ0n) is 11.5. The van der Waals surface area contributed by atoms with Crippen molar-refractivity contribution < 1.29 is 4.74 Å². The third-order valence-corrected chi connectivity index (χ3v) is 3.75. The Morgan fingerprint density at radius 1 is 0.889 bits per heavy atom. The van der Waals surface area contributed by atoms with Gasteiger partial charge in [0, 0.05) is 52.4 Å². The van der Waals surface area contributed by atoms with Gasteiger partial charge in [0.2, 0.25) is 0 Å². The van der Waals surface area contributed by atoms with Crippen LogP contribution in [0.5, 0.6) is 0 Å². The fraction of sp³-hybridized carbons (Fsp3) is 1.00. The van der Waals surface area contributed by atoms with Gasteiger partial charge in [-0.1, -0.05) is 0 Å². The molecule has 2 saturated heterocycles. The molecule has 5 nitrogen and oxygen atoms in total. The quantitative estimate of drug-likeness (QED) is 0.584. The number of nitrogens with zero attached hydrogens (tertiary/aromatic N) is 2. The van der Waals surface area contributed by atoms with E-state index in [4.69, 9.17) is 4.74 Å². The average Bonchev–Trinajstić information content (AvgIpc) is 2.45. The zero-order chi connectivity index (χ0) is 12.5. The summed E-state index contributed by atoms with van der Waals surface area (Å²) < 4.78 is 5.34. The first-order valence-electron chi connectivity index (χ1n) is 7.39. The fourth-order valence-corrected chi connectivity index (χ4v) is 2.55. The highest BCUT2D eigenvalue weighted by Crippen LogP contribution is 1.95. The summed E-state index contributed by atoms with van der Waals surface area (Å²) in [7, 11) is 0. The van der Waals surface area contributed by atoms with Crippen LogP contribution in [0.4, 0.5) is 0 Å². The van der Waals surface area contributed by atoms with Crippen LogP contribution in [0, 0.1) is 0 Å². The van der Waals surface area contributed by atoms with Crippen LogP contribution < -0.4 is 10.6 Å². The second-order valence-electron chi connectivity index (χ2n) is 5.15. The fourth-order valence-electron chi connectivity index (χ4n) is 2.55. The summed E-state index contributed by atoms with van der Waals surface area (Å²) in [5, 5.41) is 6.94. The van der Waals surface area contributed by atoms with E-state index in [1.165, 1.54) is 26.1 Å². The monoisotopic (exact) mass is 256 g/mol. The second kappa shape index (κ2) is 8.82. The minimum Gasteiger partial charge on any atom is -0.379 e. The number of piperazine rings is 1. The van der Waals surface area contributed by atoms with Crippen LogP contribution in [-0.2, 0) is 4.74 Å². The lowest BCUT2D eigenvalue weighted by Gasteiger charge is -2.27. The summed E-state index contributed by atoms with van der Waals surface area (Å²) in [6.07, 6.45) is 1.27. The predicted molar refractivity (Wildman–Crippen MR) is 74.1 cm³/mol. The molecule has 0 saturated carbocycles. The van der Waals surface area contributed by atoms with Crippen LogP contribution in [0.15, 0.2) is 0 Å². The van der Waals surface area contributed by atoms with Crippen molar-refractivity contribution in [2.24, 2.45) is 0 Å². The summed E-state index contributed by atoms with van der Waals surface area (Å²) >= 11 is 0. The second-order valence-corrected chi connectivity index (χ2v) is 5.15. The van der Waals surface area contributed by atoms with Gasteiger partial charge in [0.05, 0.1) is 13.2 Å². The Bertz CT molecular complexity index is 181. The SMILES string of the molecule is C(CNCCN1CCOCC1)CN1CCNCC1. The molecular weight excluding hydrogens is 228 g/mol. The first-order valence-corrected chi connectivity index (χ1v) is 7.39. The number of hydrogen-bond acceptors (Lipinski definition) is 5. The molecule has 2 fully saturated rings. The average molecular weight is 256 g/mol. The van der Waals surface area contributed by atoms with Gasteiger partial charge in [-0.2, -0.15) is 0 Å². The molecule has 2 rings (SSSR count). The van der Waals surface area contributed by atoms with Gasteiger partial charge in [-0.05, 0) is 19.5 Å². The molecule has 0 bridgehead atoms. The van der Waals surface area contributed by atoms with Crippen LogP contribution in [0.2, 0.25) is 0 Å². The van der Waals surface area contributed by atoms with Crippen molar-refractivity contribution in [1.82, 2.24) is 20.4 Å². The highest BCUT2D eigenvalue weighted by Gasteiger charge is 2.09. The molecule has 2 aliphatic heterocycles. The Morgan fingerprint density at radius 3 is 2.39 bits per heavy atom.